The average molecular weight is 361 g/mol. The largest absolute Gasteiger partial charge is 0.373 e. The maximum Gasteiger partial charge on any atom is 0.249 e. The van der Waals surface area contributed by atoms with E-state index in [1.54, 1.807) is 25.2 Å². The molecular weight excluding hydrogens is 345 g/mol. The predicted molar refractivity (Wildman–Crippen MR) is 103 cm³/mol. The van der Waals surface area contributed by atoms with Crippen LogP contribution in [-0.2, 0) is 0 Å². The molecule has 0 aliphatic rings. The molecule has 4 aromatic rings. The fourth-order valence-corrected chi connectivity index (χ4v) is 2.91. The molecule has 4 rings (SSSR count). The zero-order valence-corrected chi connectivity index (χ0v) is 14.7. The number of pyridine rings is 2. The minimum absolute atomic E-state index is 0.258. The van der Waals surface area contributed by atoms with Crippen LogP contribution in [0.1, 0.15) is 5.69 Å². The maximum absolute atomic E-state index is 13.4. The summed E-state index contributed by atoms with van der Waals surface area (Å²) in [6, 6.07) is 12.9. The molecule has 2 N–H and O–H groups in total. The molecule has 6 nitrogen and oxygen atoms in total. The van der Waals surface area contributed by atoms with E-state index in [0.717, 1.165) is 11.3 Å². The van der Waals surface area contributed by atoms with Crippen molar-refractivity contribution in [3.63, 3.8) is 0 Å². The average Bonchev–Trinajstić information content (AvgIpc) is 2.67. The van der Waals surface area contributed by atoms with Crippen molar-refractivity contribution in [2.75, 3.05) is 12.4 Å². The van der Waals surface area contributed by atoms with E-state index in [9.17, 15) is 9.18 Å². The van der Waals surface area contributed by atoms with Crippen molar-refractivity contribution >= 4 is 17.0 Å². The number of aryl methyl sites for hydroxylation is 1. The summed E-state index contributed by atoms with van der Waals surface area (Å²) in [7, 11) is 1.79. The molecule has 134 valence electrons. The van der Waals surface area contributed by atoms with Gasteiger partial charge in [0.15, 0.2) is 5.65 Å². The normalized spacial score (nSPS) is 10.9. The molecule has 0 saturated heterocycles. The molecule has 7 heteroatoms. The van der Waals surface area contributed by atoms with Gasteiger partial charge >= 0.3 is 0 Å². The van der Waals surface area contributed by atoms with Gasteiger partial charge in [0.05, 0.1) is 11.4 Å². The van der Waals surface area contributed by atoms with Crippen molar-refractivity contribution in [2.45, 2.75) is 6.92 Å². The summed E-state index contributed by atoms with van der Waals surface area (Å²) in [5, 5.41) is 3.03. The van der Waals surface area contributed by atoms with Crippen LogP contribution in [0.3, 0.4) is 0 Å². The van der Waals surface area contributed by atoms with Gasteiger partial charge in [0.1, 0.15) is 17.2 Å². The van der Waals surface area contributed by atoms with E-state index < -0.39 is 0 Å². The maximum atomic E-state index is 13.4. The SMILES string of the molecule is CNc1cc(-c2nc3ccc(=O)[nH]c3nc2-c2ccc(F)cc2)cc(C)n1. The van der Waals surface area contributed by atoms with E-state index in [1.807, 2.05) is 19.1 Å². The Balaban J connectivity index is 2.04. The second-order valence-corrected chi connectivity index (χ2v) is 6.12. The first-order valence-electron chi connectivity index (χ1n) is 8.37. The highest BCUT2D eigenvalue weighted by Gasteiger charge is 2.15. The number of halogens is 1. The smallest absolute Gasteiger partial charge is 0.249 e. The summed E-state index contributed by atoms with van der Waals surface area (Å²) in [5.41, 5.74) is 4.22. The molecule has 3 aromatic heterocycles. The van der Waals surface area contributed by atoms with Gasteiger partial charge in [0.25, 0.3) is 0 Å². The third-order valence-electron chi connectivity index (χ3n) is 4.16. The number of aromatic nitrogens is 4. The first kappa shape index (κ1) is 16.8. The van der Waals surface area contributed by atoms with Crippen LogP contribution >= 0.6 is 0 Å². The van der Waals surface area contributed by atoms with Crippen molar-refractivity contribution in [2.24, 2.45) is 0 Å². The van der Waals surface area contributed by atoms with E-state index in [1.165, 1.54) is 18.2 Å². The zero-order chi connectivity index (χ0) is 19.0. The lowest BCUT2D eigenvalue weighted by atomic mass is 10.0. The van der Waals surface area contributed by atoms with E-state index in [4.69, 9.17) is 4.98 Å². The summed E-state index contributed by atoms with van der Waals surface area (Å²) < 4.78 is 13.4. The Morgan fingerprint density at radius 1 is 0.926 bits per heavy atom. The van der Waals surface area contributed by atoms with Gasteiger partial charge in [0, 0.05) is 29.9 Å². The Hall–Kier alpha value is -3.61. The fraction of sp³-hybridized carbons (Fsp3) is 0.100. The molecule has 0 aliphatic carbocycles. The molecule has 0 radical (unpaired) electrons. The van der Waals surface area contributed by atoms with Crippen molar-refractivity contribution < 1.29 is 4.39 Å². The van der Waals surface area contributed by atoms with E-state index in [-0.39, 0.29) is 11.4 Å². The van der Waals surface area contributed by atoms with Gasteiger partial charge in [-0.1, -0.05) is 0 Å². The molecule has 0 atom stereocenters. The van der Waals surface area contributed by atoms with Gasteiger partial charge in [-0.15, -0.1) is 0 Å². The quantitative estimate of drug-likeness (QED) is 0.583. The van der Waals surface area contributed by atoms with Crippen molar-refractivity contribution in [1.29, 1.82) is 0 Å². The van der Waals surface area contributed by atoms with Gasteiger partial charge in [-0.25, -0.2) is 19.3 Å². The first-order valence-corrected chi connectivity index (χ1v) is 8.37. The van der Waals surface area contributed by atoms with Crippen molar-refractivity contribution in [3.8, 4) is 22.5 Å². The molecule has 0 unspecified atom stereocenters. The Labute approximate surface area is 154 Å². The van der Waals surface area contributed by atoms with Crippen molar-refractivity contribution in [1.82, 2.24) is 19.9 Å². The van der Waals surface area contributed by atoms with Crippen LogP contribution in [0, 0.1) is 12.7 Å². The highest BCUT2D eigenvalue weighted by Crippen LogP contribution is 2.31. The molecule has 0 aliphatic heterocycles. The Bertz CT molecular complexity index is 1200. The van der Waals surface area contributed by atoms with Crippen LogP contribution in [0.15, 0.2) is 53.3 Å². The lowest BCUT2D eigenvalue weighted by Crippen LogP contribution is -2.06. The number of hydrogen-bond acceptors (Lipinski definition) is 5. The highest BCUT2D eigenvalue weighted by atomic mass is 19.1. The lowest BCUT2D eigenvalue weighted by Gasteiger charge is -2.12. The Morgan fingerprint density at radius 3 is 2.41 bits per heavy atom. The topological polar surface area (TPSA) is 83.6 Å². The zero-order valence-electron chi connectivity index (χ0n) is 14.7. The number of aromatic amines is 1. The summed E-state index contributed by atoms with van der Waals surface area (Å²) >= 11 is 0. The number of rotatable bonds is 3. The lowest BCUT2D eigenvalue weighted by molar-refractivity contribution is 0.628. The second-order valence-electron chi connectivity index (χ2n) is 6.12. The standard InChI is InChI=1S/C20H16FN5O/c1-11-9-13(10-16(22-2)23-11)19-18(12-3-5-14(21)6-4-12)26-20-15(24-19)7-8-17(27)25-20/h3-10H,1-2H3,(H,22,23)(H,25,26,27). The molecule has 0 fully saturated rings. The minimum Gasteiger partial charge on any atom is -0.373 e. The van der Waals surface area contributed by atoms with Gasteiger partial charge < -0.3 is 10.3 Å². The van der Waals surface area contributed by atoms with Gasteiger partial charge in [-0.2, -0.15) is 0 Å². The van der Waals surface area contributed by atoms with Gasteiger partial charge in [-0.05, 0) is 49.4 Å². The molecule has 0 amide bonds. The van der Waals surface area contributed by atoms with Crippen LogP contribution < -0.4 is 10.9 Å². The van der Waals surface area contributed by atoms with Crippen LogP contribution in [0.5, 0.6) is 0 Å². The Kier molecular flexibility index (Phi) is 4.12. The molecular formula is C20H16FN5O. The van der Waals surface area contributed by atoms with Gasteiger partial charge in [-0.3, -0.25) is 4.79 Å². The number of anilines is 1. The highest BCUT2D eigenvalue weighted by molar-refractivity contribution is 5.85. The summed E-state index contributed by atoms with van der Waals surface area (Å²) in [6.45, 7) is 1.90. The van der Waals surface area contributed by atoms with Crippen LogP contribution in [0.2, 0.25) is 0 Å². The minimum atomic E-state index is -0.334. The number of nitrogens with one attached hydrogen (secondary N) is 2. The summed E-state index contributed by atoms with van der Waals surface area (Å²) in [5.74, 6) is 0.373. The number of H-pyrrole nitrogens is 1. The molecule has 3 heterocycles. The molecule has 0 saturated carbocycles. The van der Waals surface area contributed by atoms with Crippen LogP contribution in [0.4, 0.5) is 10.2 Å². The molecule has 27 heavy (non-hydrogen) atoms. The number of nitrogens with zero attached hydrogens (tertiary/aromatic N) is 3. The number of hydrogen-bond donors (Lipinski definition) is 2. The van der Waals surface area contributed by atoms with Crippen LogP contribution in [-0.4, -0.2) is 27.0 Å². The van der Waals surface area contributed by atoms with E-state index in [0.29, 0.717) is 33.9 Å². The second kappa shape index (κ2) is 6.60. The summed E-state index contributed by atoms with van der Waals surface area (Å²) in [6.07, 6.45) is 0. The summed E-state index contributed by atoms with van der Waals surface area (Å²) in [4.78, 5) is 28.1. The fourth-order valence-electron chi connectivity index (χ4n) is 2.91. The number of fused-ring (bicyclic) bond motifs is 1. The van der Waals surface area contributed by atoms with Gasteiger partial charge in [0.2, 0.25) is 5.56 Å². The monoisotopic (exact) mass is 361 g/mol. The van der Waals surface area contributed by atoms with E-state index >= 15 is 0 Å². The third-order valence-corrected chi connectivity index (χ3v) is 4.16. The predicted octanol–water partition coefficient (Wildman–Crippen LogP) is 3.54. The number of benzene rings is 1. The molecule has 1 aromatic carbocycles. The van der Waals surface area contributed by atoms with Crippen molar-refractivity contribution in [3.05, 3.63) is 70.4 Å². The molecule has 0 spiro atoms. The third kappa shape index (κ3) is 3.27. The molecule has 0 bridgehead atoms. The van der Waals surface area contributed by atoms with Crippen LogP contribution in [0.25, 0.3) is 33.7 Å². The Morgan fingerprint density at radius 2 is 1.67 bits per heavy atom. The first-order chi connectivity index (χ1) is 13.0. The van der Waals surface area contributed by atoms with E-state index in [2.05, 4.69) is 20.3 Å².